The molecule has 0 N–H and O–H groups in total. The predicted octanol–water partition coefficient (Wildman–Crippen LogP) is 11.4. The van der Waals surface area contributed by atoms with Crippen molar-refractivity contribution in [2.45, 2.75) is 0 Å². The van der Waals surface area contributed by atoms with Gasteiger partial charge in [-0.25, -0.2) is 15.0 Å². The summed E-state index contributed by atoms with van der Waals surface area (Å²) < 4.78 is 2.32. The second kappa shape index (κ2) is 11.6. The van der Waals surface area contributed by atoms with E-state index < -0.39 is 0 Å². The Kier molecular flexibility index (Phi) is 6.45. The fourth-order valence-electron chi connectivity index (χ4n) is 7.91. The van der Waals surface area contributed by atoms with Gasteiger partial charge in [-0.1, -0.05) is 97.1 Å². The van der Waals surface area contributed by atoms with Crippen LogP contribution in [0.3, 0.4) is 0 Å². The smallest absolute Gasteiger partial charge is 0.164 e. The zero-order valence-corrected chi connectivity index (χ0v) is 28.3. The third kappa shape index (κ3) is 4.63. The highest BCUT2D eigenvalue weighted by molar-refractivity contribution is 6.14. The quantitative estimate of drug-likeness (QED) is 0.174. The highest BCUT2D eigenvalue weighted by atomic mass is 15.0. The monoisotopic (exact) mass is 676 g/mol. The standard InChI is InChI=1S/C47H28N6/c1-2-13-33-30(11-1)27-39(35-15-4-3-14-34(33)35)46-50-45(51-47(52-46)40-28-31-12-9-25-48-43(31)44-38(40)18-10-26-49-44)29-21-23-32(24-22-29)53-41-19-7-5-16-36(41)37-17-6-8-20-42(37)53/h1-28H. The van der Waals surface area contributed by atoms with Crippen LogP contribution < -0.4 is 0 Å². The number of rotatable bonds is 4. The highest BCUT2D eigenvalue weighted by Gasteiger charge is 2.19. The van der Waals surface area contributed by atoms with Crippen LogP contribution in [-0.4, -0.2) is 29.5 Å². The number of aromatic nitrogens is 6. The summed E-state index contributed by atoms with van der Waals surface area (Å²) >= 11 is 0. The molecule has 11 aromatic rings. The van der Waals surface area contributed by atoms with E-state index in [1.54, 1.807) is 0 Å². The van der Waals surface area contributed by atoms with Gasteiger partial charge in [-0.05, 0) is 82.2 Å². The zero-order chi connectivity index (χ0) is 34.9. The van der Waals surface area contributed by atoms with Crippen molar-refractivity contribution in [1.29, 1.82) is 0 Å². The lowest BCUT2D eigenvalue weighted by Gasteiger charge is -2.14. The lowest BCUT2D eigenvalue weighted by molar-refractivity contribution is 1.08. The highest BCUT2D eigenvalue weighted by Crippen LogP contribution is 2.38. The van der Waals surface area contributed by atoms with E-state index in [9.17, 15) is 0 Å². The largest absolute Gasteiger partial charge is 0.309 e. The van der Waals surface area contributed by atoms with E-state index in [1.807, 2.05) is 24.5 Å². The number of fused-ring (bicyclic) bond motifs is 9. The molecule has 0 radical (unpaired) electrons. The van der Waals surface area contributed by atoms with Crippen LogP contribution in [0, 0.1) is 0 Å². The molecule has 53 heavy (non-hydrogen) atoms. The van der Waals surface area contributed by atoms with E-state index in [0.29, 0.717) is 17.5 Å². The first kappa shape index (κ1) is 29.4. The molecule has 0 unspecified atom stereocenters. The summed E-state index contributed by atoms with van der Waals surface area (Å²) in [5, 5.41) is 8.95. The van der Waals surface area contributed by atoms with Gasteiger partial charge in [-0.15, -0.1) is 0 Å². The Morgan fingerprint density at radius 3 is 1.60 bits per heavy atom. The number of hydrogen-bond donors (Lipinski definition) is 0. The minimum absolute atomic E-state index is 0.581. The molecule has 0 aliphatic heterocycles. The van der Waals surface area contributed by atoms with E-state index >= 15 is 0 Å². The molecular weight excluding hydrogens is 649 g/mol. The van der Waals surface area contributed by atoms with Crippen molar-refractivity contribution >= 4 is 65.2 Å². The Morgan fingerprint density at radius 1 is 0.358 bits per heavy atom. The summed E-state index contributed by atoms with van der Waals surface area (Å²) in [4.78, 5) is 25.2. The maximum Gasteiger partial charge on any atom is 0.164 e. The maximum absolute atomic E-state index is 5.27. The van der Waals surface area contributed by atoms with Crippen LogP contribution in [0.15, 0.2) is 170 Å². The Labute approximate surface area is 303 Å². The van der Waals surface area contributed by atoms with Gasteiger partial charge in [0.15, 0.2) is 17.5 Å². The van der Waals surface area contributed by atoms with E-state index in [-0.39, 0.29) is 0 Å². The van der Waals surface area contributed by atoms with Crippen molar-refractivity contribution in [1.82, 2.24) is 29.5 Å². The van der Waals surface area contributed by atoms with E-state index in [4.69, 9.17) is 19.9 Å². The molecule has 4 aromatic heterocycles. The fourth-order valence-corrected chi connectivity index (χ4v) is 7.91. The molecule has 0 fully saturated rings. The van der Waals surface area contributed by atoms with Crippen LogP contribution in [0.1, 0.15) is 0 Å². The molecule has 0 bridgehead atoms. The summed E-state index contributed by atoms with van der Waals surface area (Å²) in [6.45, 7) is 0. The molecule has 0 saturated heterocycles. The Bertz CT molecular complexity index is 3050. The molecule has 6 nitrogen and oxygen atoms in total. The van der Waals surface area contributed by atoms with Crippen LogP contribution >= 0.6 is 0 Å². The molecular formula is C47H28N6. The molecule has 0 spiro atoms. The fraction of sp³-hybridized carbons (Fsp3) is 0. The van der Waals surface area contributed by atoms with Crippen molar-refractivity contribution in [3.63, 3.8) is 0 Å². The average Bonchev–Trinajstić information content (AvgIpc) is 3.57. The molecule has 7 aromatic carbocycles. The molecule has 11 rings (SSSR count). The first-order valence-electron chi connectivity index (χ1n) is 17.7. The molecule has 6 heteroatoms. The predicted molar refractivity (Wildman–Crippen MR) is 216 cm³/mol. The SMILES string of the molecule is c1ccc2c(c1)cc(-c1nc(-c3ccc(-n4c5ccccc5c5ccccc54)cc3)nc(-c3cc4cccnc4c4ncccc34)n1)c1ccccc12. The molecule has 4 heterocycles. The van der Waals surface area contributed by atoms with Gasteiger partial charge in [0, 0.05) is 56.3 Å². The topological polar surface area (TPSA) is 69.4 Å². The second-order valence-corrected chi connectivity index (χ2v) is 13.3. The van der Waals surface area contributed by atoms with Gasteiger partial charge in [0.2, 0.25) is 0 Å². The third-order valence-corrected chi connectivity index (χ3v) is 10.3. The van der Waals surface area contributed by atoms with Crippen LogP contribution in [0.2, 0.25) is 0 Å². The van der Waals surface area contributed by atoms with Crippen LogP contribution in [0.5, 0.6) is 0 Å². The van der Waals surface area contributed by atoms with Crippen molar-refractivity contribution in [3.8, 4) is 39.9 Å². The summed E-state index contributed by atoms with van der Waals surface area (Å²) in [5.74, 6) is 1.79. The van der Waals surface area contributed by atoms with Crippen molar-refractivity contribution < 1.29 is 0 Å². The number of para-hydroxylation sites is 2. The van der Waals surface area contributed by atoms with Gasteiger partial charge in [-0.3, -0.25) is 9.97 Å². The van der Waals surface area contributed by atoms with Crippen LogP contribution in [-0.2, 0) is 0 Å². The Hall–Kier alpha value is -7.31. The maximum atomic E-state index is 5.27. The van der Waals surface area contributed by atoms with Gasteiger partial charge < -0.3 is 4.57 Å². The van der Waals surface area contributed by atoms with Gasteiger partial charge in [0.05, 0.1) is 22.1 Å². The van der Waals surface area contributed by atoms with Gasteiger partial charge in [0.1, 0.15) is 0 Å². The van der Waals surface area contributed by atoms with Crippen LogP contribution in [0.25, 0.3) is 105 Å². The summed E-state index contributed by atoms with van der Waals surface area (Å²) in [6.07, 6.45) is 3.62. The van der Waals surface area contributed by atoms with E-state index in [0.717, 1.165) is 60.3 Å². The first-order valence-corrected chi connectivity index (χ1v) is 17.7. The first-order chi connectivity index (χ1) is 26.3. The lowest BCUT2D eigenvalue weighted by atomic mass is 9.96. The molecule has 246 valence electrons. The Morgan fingerprint density at radius 2 is 0.868 bits per heavy atom. The van der Waals surface area contributed by atoms with E-state index in [2.05, 4.69) is 155 Å². The van der Waals surface area contributed by atoms with Gasteiger partial charge in [-0.2, -0.15) is 0 Å². The minimum Gasteiger partial charge on any atom is -0.309 e. The molecule has 0 atom stereocenters. The van der Waals surface area contributed by atoms with Gasteiger partial charge in [0.25, 0.3) is 0 Å². The summed E-state index contributed by atoms with van der Waals surface area (Å²) in [5.41, 5.74) is 7.80. The molecule has 0 saturated carbocycles. The Balaban J connectivity index is 1.16. The van der Waals surface area contributed by atoms with Crippen molar-refractivity contribution in [2.75, 3.05) is 0 Å². The lowest BCUT2D eigenvalue weighted by Crippen LogP contribution is -2.02. The number of nitrogens with zero attached hydrogens (tertiary/aromatic N) is 6. The zero-order valence-electron chi connectivity index (χ0n) is 28.3. The van der Waals surface area contributed by atoms with Gasteiger partial charge >= 0.3 is 0 Å². The number of hydrogen-bond acceptors (Lipinski definition) is 5. The number of benzene rings is 7. The number of pyridine rings is 2. The molecule has 0 amide bonds. The van der Waals surface area contributed by atoms with Crippen LogP contribution in [0.4, 0.5) is 0 Å². The third-order valence-electron chi connectivity index (χ3n) is 10.3. The normalized spacial score (nSPS) is 11.8. The van der Waals surface area contributed by atoms with E-state index in [1.165, 1.54) is 27.2 Å². The van der Waals surface area contributed by atoms with Crippen molar-refractivity contribution in [2.24, 2.45) is 0 Å². The van der Waals surface area contributed by atoms with Crippen molar-refractivity contribution in [3.05, 3.63) is 170 Å². The molecule has 0 aliphatic rings. The summed E-state index contributed by atoms with van der Waals surface area (Å²) in [7, 11) is 0. The summed E-state index contributed by atoms with van der Waals surface area (Å²) in [6, 6.07) is 55.0. The second-order valence-electron chi connectivity index (χ2n) is 13.3. The minimum atomic E-state index is 0.581. The average molecular weight is 677 g/mol. The molecule has 0 aliphatic carbocycles.